The molecule has 2 heterocycles. The van der Waals surface area contributed by atoms with Crippen molar-refractivity contribution < 1.29 is 39.2 Å². The molecule has 282 valence electrons. The Bertz CT molecular complexity index is 1660. The van der Waals surface area contributed by atoms with Crippen molar-refractivity contribution in [3.63, 3.8) is 0 Å². The number of amides is 3. The molecule has 0 bridgehead atoms. The molecule has 3 amide bonds. The smallest absolute Gasteiger partial charge is 0.247 e. The Morgan fingerprint density at radius 1 is 1.04 bits per heavy atom. The normalized spacial score (nSPS) is 22.2. The number of carbonyl (C=O) groups excluding carboxylic acids is 3. The number of aliphatic hydroxyl groups is 3. The van der Waals surface area contributed by atoms with Crippen molar-refractivity contribution in [3.8, 4) is 17.5 Å². The van der Waals surface area contributed by atoms with Gasteiger partial charge < -0.3 is 39.9 Å². The fourth-order valence-corrected chi connectivity index (χ4v) is 6.69. The zero-order valence-electron chi connectivity index (χ0n) is 30.7. The Labute approximate surface area is 310 Å². The van der Waals surface area contributed by atoms with Gasteiger partial charge in [0.15, 0.2) is 0 Å². The summed E-state index contributed by atoms with van der Waals surface area (Å²) in [6.07, 6.45) is 2.28. The van der Waals surface area contributed by atoms with E-state index in [9.17, 15) is 29.7 Å². The molecule has 0 aliphatic carbocycles. The highest BCUT2D eigenvalue weighted by atomic mass is 32.1. The molecule has 0 saturated carbocycles. The van der Waals surface area contributed by atoms with Gasteiger partial charge in [-0.25, -0.2) is 0 Å². The first-order valence-electron chi connectivity index (χ1n) is 17.5. The third-order valence-corrected chi connectivity index (χ3v) is 9.94. The van der Waals surface area contributed by atoms with E-state index in [0.717, 1.165) is 22.3 Å². The molecular weight excluding hydrogens is 685 g/mol. The Hall–Kier alpha value is -3.83. The fourth-order valence-electron chi connectivity index (χ4n) is 6.26. The van der Waals surface area contributed by atoms with E-state index in [-0.39, 0.29) is 43.8 Å². The lowest BCUT2D eigenvalue weighted by molar-refractivity contribution is -0.209. The highest BCUT2D eigenvalue weighted by Gasteiger charge is 2.44. The van der Waals surface area contributed by atoms with Gasteiger partial charge in [-0.05, 0) is 55.0 Å². The van der Waals surface area contributed by atoms with Gasteiger partial charge in [0.05, 0.1) is 32.7 Å². The average molecular weight is 737 g/mol. The quantitative estimate of drug-likeness (QED) is 0.177. The van der Waals surface area contributed by atoms with E-state index in [4.69, 9.17) is 15.9 Å². The summed E-state index contributed by atoms with van der Waals surface area (Å²) in [5, 5.41) is 37.2. The SMILES string of the molecule is C#CCN(C)C(=O)CN1CCN(C(=O)C(C)(C)NC(=O)CCOCc2ccc(Cc3cc([C@@H]4OC(C#SC)[C@@H](O)[C@H](O)[C@H]4O)ccc3C)cc2)CC1. The van der Waals surface area contributed by atoms with Crippen LogP contribution in [0.1, 0.15) is 54.2 Å². The van der Waals surface area contributed by atoms with E-state index in [0.29, 0.717) is 44.8 Å². The maximum Gasteiger partial charge on any atom is 0.247 e. The summed E-state index contributed by atoms with van der Waals surface area (Å²) >= 11 is 1.26. The van der Waals surface area contributed by atoms with Crippen molar-refractivity contribution in [2.24, 2.45) is 0 Å². The molecule has 2 saturated heterocycles. The number of benzene rings is 2. The molecule has 0 aromatic heterocycles. The van der Waals surface area contributed by atoms with Crippen LogP contribution in [0.25, 0.3) is 0 Å². The van der Waals surface area contributed by atoms with Crippen LogP contribution in [0.15, 0.2) is 42.5 Å². The first kappa shape index (κ1) is 40.9. The molecule has 2 aliphatic heterocycles. The summed E-state index contributed by atoms with van der Waals surface area (Å²) in [6.45, 7) is 8.47. The number of piperazine rings is 1. The first-order chi connectivity index (χ1) is 24.7. The molecular formula is C39H52N4O8S. The molecule has 4 rings (SSSR count). The highest BCUT2D eigenvalue weighted by molar-refractivity contribution is 7.87. The molecule has 1 unspecified atom stereocenters. The number of ether oxygens (including phenoxy) is 2. The maximum absolute atomic E-state index is 13.2. The number of aliphatic hydroxyl groups excluding tert-OH is 3. The Kier molecular flexibility index (Phi) is 14.8. The standard InChI is InChI=1S/C39H52N4O8S/c1-7-15-41(5)33(45)23-42-16-18-43(19-17-42)38(49)39(3,4)40-32(44)14-20-50-24-28-11-9-27(10-12-28)21-30-22-29(13-8-26(30)2)37-36(48)35(47)34(46)31(51-37)25-52-6/h1,8-13,22,31,34-37,46-48H,14-21,23-24H2,2-6H3,(H,40,44)/t31?,34-,35+,36-,37+/m1/s1. The van der Waals surface area contributed by atoms with Crippen LogP contribution in [-0.2, 0) is 36.9 Å². The number of terminal acetylenes is 1. The predicted molar refractivity (Wildman–Crippen MR) is 199 cm³/mol. The molecule has 0 radical (unpaired) electrons. The summed E-state index contributed by atoms with van der Waals surface area (Å²) in [7, 11) is 1.67. The van der Waals surface area contributed by atoms with Gasteiger partial charge in [-0.1, -0.05) is 53.6 Å². The van der Waals surface area contributed by atoms with Crippen molar-refractivity contribution in [1.82, 2.24) is 20.0 Å². The number of likely N-dealkylation sites (N-methyl/N-ethyl adjacent to an activating group) is 1. The van der Waals surface area contributed by atoms with Crippen molar-refractivity contribution >= 4 is 28.9 Å². The molecule has 2 fully saturated rings. The van der Waals surface area contributed by atoms with Gasteiger partial charge in [0.25, 0.3) is 0 Å². The monoisotopic (exact) mass is 736 g/mol. The zero-order valence-corrected chi connectivity index (χ0v) is 31.5. The van der Waals surface area contributed by atoms with Crippen molar-refractivity contribution in [2.75, 3.05) is 59.2 Å². The van der Waals surface area contributed by atoms with Gasteiger partial charge in [0.1, 0.15) is 36.1 Å². The minimum Gasteiger partial charge on any atom is -0.387 e. The number of hydrogen-bond donors (Lipinski definition) is 4. The molecule has 13 heteroatoms. The fraction of sp³-hybridized carbons (Fsp3) is 0.538. The van der Waals surface area contributed by atoms with Gasteiger partial charge in [-0.2, -0.15) is 0 Å². The number of aryl methyl sites for hydroxylation is 1. The van der Waals surface area contributed by atoms with Gasteiger partial charge in [0.2, 0.25) is 17.7 Å². The second-order valence-corrected chi connectivity index (χ2v) is 14.6. The molecule has 0 spiro atoms. The minimum atomic E-state index is -1.36. The lowest BCUT2D eigenvalue weighted by Crippen LogP contribution is -2.60. The largest absolute Gasteiger partial charge is 0.387 e. The van der Waals surface area contributed by atoms with Gasteiger partial charge in [0, 0.05) is 39.5 Å². The number of hydrogen-bond acceptors (Lipinski definition) is 9. The molecule has 52 heavy (non-hydrogen) atoms. The summed E-state index contributed by atoms with van der Waals surface area (Å²) in [5.41, 5.74) is 3.75. The summed E-state index contributed by atoms with van der Waals surface area (Å²) < 4.78 is 11.7. The van der Waals surface area contributed by atoms with E-state index in [1.807, 2.05) is 54.3 Å². The van der Waals surface area contributed by atoms with Crippen LogP contribution in [0, 0.1) is 24.5 Å². The number of carbonyl (C=O) groups is 3. The lowest BCUT2D eigenvalue weighted by Gasteiger charge is -2.39. The zero-order chi connectivity index (χ0) is 38.0. The Balaban J connectivity index is 1.21. The Morgan fingerprint density at radius 3 is 2.37 bits per heavy atom. The minimum absolute atomic E-state index is 0.0601. The van der Waals surface area contributed by atoms with Crippen LogP contribution in [0.2, 0.25) is 0 Å². The summed E-state index contributed by atoms with van der Waals surface area (Å²) in [5.74, 6) is 1.95. The van der Waals surface area contributed by atoms with E-state index >= 15 is 0 Å². The van der Waals surface area contributed by atoms with Crippen LogP contribution in [0.3, 0.4) is 0 Å². The first-order valence-corrected chi connectivity index (χ1v) is 18.7. The second-order valence-electron chi connectivity index (χ2n) is 13.9. The molecule has 12 nitrogen and oxygen atoms in total. The van der Waals surface area contributed by atoms with E-state index in [2.05, 4.69) is 16.4 Å². The third kappa shape index (κ3) is 10.9. The van der Waals surface area contributed by atoms with Gasteiger partial charge in [-0.3, -0.25) is 19.3 Å². The van der Waals surface area contributed by atoms with Crippen molar-refractivity contribution in [1.29, 1.82) is 0 Å². The molecule has 2 aliphatic rings. The molecule has 4 N–H and O–H groups in total. The number of nitrogens with zero attached hydrogens (tertiary/aromatic N) is 3. The lowest BCUT2D eigenvalue weighted by atomic mass is 9.89. The van der Waals surface area contributed by atoms with E-state index in [1.165, 1.54) is 16.1 Å². The van der Waals surface area contributed by atoms with Crippen LogP contribution in [0.5, 0.6) is 0 Å². The van der Waals surface area contributed by atoms with Crippen LogP contribution >= 0.6 is 11.2 Å². The number of nitrogens with one attached hydrogen (secondary N) is 1. The average Bonchev–Trinajstić information content (AvgIpc) is 3.12. The topological polar surface area (TPSA) is 152 Å². The van der Waals surface area contributed by atoms with Crippen molar-refractivity contribution in [2.45, 2.75) is 76.3 Å². The third-order valence-electron chi connectivity index (χ3n) is 9.47. The van der Waals surface area contributed by atoms with Gasteiger partial charge in [-0.15, -0.1) is 17.6 Å². The highest BCUT2D eigenvalue weighted by Crippen LogP contribution is 2.33. The van der Waals surface area contributed by atoms with Gasteiger partial charge >= 0.3 is 0 Å². The number of rotatable bonds is 13. The summed E-state index contributed by atoms with van der Waals surface area (Å²) in [6, 6.07) is 13.8. The molecule has 2 aromatic rings. The maximum atomic E-state index is 13.2. The van der Waals surface area contributed by atoms with Crippen LogP contribution in [-0.4, -0.2) is 137 Å². The Morgan fingerprint density at radius 2 is 1.71 bits per heavy atom. The summed E-state index contributed by atoms with van der Waals surface area (Å²) in [4.78, 5) is 43.5. The van der Waals surface area contributed by atoms with E-state index in [1.54, 1.807) is 32.1 Å². The van der Waals surface area contributed by atoms with Crippen LogP contribution < -0.4 is 5.32 Å². The second kappa shape index (κ2) is 18.8. The molecule has 5 atom stereocenters. The van der Waals surface area contributed by atoms with E-state index < -0.39 is 36.1 Å². The van der Waals surface area contributed by atoms with Crippen molar-refractivity contribution in [3.05, 3.63) is 70.3 Å². The van der Waals surface area contributed by atoms with Crippen LogP contribution in [0.4, 0.5) is 0 Å². The predicted octanol–water partition coefficient (Wildman–Crippen LogP) is 1.47. The molecule has 2 aromatic carbocycles.